The van der Waals surface area contributed by atoms with Crippen molar-refractivity contribution in [3.05, 3.63) is 60.1 Å². The van der Waals surface area contributed by atoms with Crippen molar-refractivity contribution in [3.8, 4) is 16.9 Å². The van der Waals surface area contributed by atoms with Crippen molar-refractivity contribution in [2.24, 2.45) is 0 Å². The van der Waals surface area contributed by atoms with Gasteiger partial charge in [-0.05, 0) is 24.6 Å². The van der Waals surface area contributed by atoms with Crippen molar-refractivity contribution in [3.63, 3.8) is 0 Å². The Morgan fingerprint density at radius 2 is 2.05 bits per heavy atom. The summed E-state index contributed by atoms with van der Waals surface area (Å²) in [5.74, 6) is -0.383. The molecule has 0 spiro atoms. The first-order valence-electron chi connectivity index (χ1n) is 6.46. The highest BCUT2D eigenvalue weighted by Crippen LogP contribution is 2.30. The number of aromatic nitrogens is 4. The summed E-state index contributed by atoms with van der Waals surface area (Å²) in [7, 11) is 0. The predicted octanol–water partition coefficient (Wildman–Crippen LogP) is 3.71. The lowest BCUT2D eigenvalue weighted by molar-refractivity contribution is 0.146. The van der Waals surface area contributed by atoms with Crippen molar-refractivity contribution < 1.29 is 13.2 Å². The van der Waals surface area contributed by atoms with Gasteiger partial charge in [0.1, 0.15) is 12.1 Å². The van der Waals surface area contributed by atoms with Crippen molar-refractivity contribution in [2.75, 3.05) is 0 Å². The topological polar surface area (TPSA) is 43.6 Å². The highest BCUT2D eigenvalue weighted by molar-refractivity contribution is 5.69. The first-order chi connectivity index (χ1) is 10.6. The van der Waals surface area contributed by atoms with E-state index < -0.39 is 17.8 Å². The van der Waals surface area contributed by atoms with Gasteiger partial charge in [0.05, 0.1) is 11.8 Å². The van der Waals surface area contributed by atoms with E-state index in [-0.39, 0.29) is 0 Å². The van der Waals surface area contributed by atoms with E-state index in [0.717, 1.165) is 17.7 Å². The Hall–Kier alpha value is -2.70. The summed E-state index contributed by atoms with van der Waals surface area (Å²) in [6.07, 6.45) is 3.47. The van der Waals surface area contributed by atoms with Crippen LogP contribution in [0.15, 0.2) is 43.1 Å². The molecule has 0 fully saturated rings. The lowest BCUT2D eigenvalue weighted by Crippen LogP contribution is -2.02. The van der Waals surface area contributed by atoms with Gasteiger partial charge in [-0.3, -0.25) is 4.57 Å². The van der Waals surface area contributed by atoms with Crippen LogP contribution in [0.4, 0.5) is 13.2 Å². The van der Waals surface area contributed by atoms with E-state index in [0.29, 0.717) is 16.9 Å². The van der Waals surface area contributed by atoms with Gasteiger partial charge < -0.3 is 0 Å². The summed E-state index contributed by atoms with van der Waals surface area (Å²) in [5, 5.41) is 7.93. The predicted molar refractivity (Wildman–Crippen MR) is 74.2 cm³/mol. The van der Waals surface area contributed by atoms with Crippen LogP contribution < -0.4 is 0 Å². The van der Waals surface area contributed by atoms with Crippen LogP contribution in [-0.4, -0.2) is 19.7 Å². The number of alkyl halides is 2. The van der Waals surface area contributed by atoms with E-state index in [1.54, 1.807) is 30.2 Å². The zero-order valence-corrected chi connectivity index (χ0v) is 11.5. The minimum Gasteiger partial charge on any atom is -0.289 e. The highest BCUT2D eigenvalue weighted by Gasteiger charge is 2.16. The molecule has 0 unspecified atom stereocenters. The maximum atomic E-state index is 13.4. The molecule has 0 aliphatic heterocycles. The van der Waals surface area contributed by atoms with E-state index in [1.807, 2.05) is 0 Å². The van der Waals surface area contributed by atoms with Crippen LogP contribution in [0.1, 0.15) is 17.6 Å². The number of rotatable bonds is 3. The second-order valence-electron chi connectivity index (χ2n) is 4.71. The molecule has 22 heavy (non-hydrogen) atoms. The zero-order chi connectivity index (χ0) is 15.7. The minimum atomic E-state index is -2.87. The van der Waals surface area contributed by atoms with Gasteiger partial charge in [0.2, 0.25) is 0 Å². The Kier molecular flexibility index (Phi) is 3.62. The van der Waals surface area contributed by atoms with E-state index in [2.05, 4.69) is 15.2 Å². The number of nitrogens with zero attached hydrogens (tertiary/aromatic N) is 4. The Morgan fingerprint density at radius 1 is 1.23 bits per heavy atom. The second kappa shape index (κ2) is 5.59. The van der Waals surface area contributed by atoms with Crippen LogP contribution in [0.5, 0.6) is 0 Å². The Labute approximate surface area is 124 Å². The van der Waals surface area contributed by atoms with Gasteiger partial charge >= 0.3 is 0 Å². The summed E-state index contributed by atoms with van der Waals surface area (Å²) < 4.78 is 40.8. The molecule has 0 radical (unpaired) electrons. The summed E-state index contributed by atoms with van der Waals surface area (Å²) in [5.41, 5.74) is 1.18. The van der Waals surface area contributed by atoms with Gasteiger partial charge in [0, 0.05) is 23.5 Å². The van der Waals surface area contributed by atoms with Crippen LogP contribution in [-0.2, 0) is 0 Å². The molecule has 0 amide bonds. The number of benzene rings is 1. The van der Waals surface area contributed by atoms with Gasteiger partial charge in [0.25, 0.3) is 6.43 Å². The molecule has 2 heterocycles. The average Bonchev–Trinajstić information content (AvgIpc) is 3.02. The van der Waals surface area contributed by atoms with Crippen molar-refractivity contribution in [1.29, 1.82) is 0 Å². The van der Waals surface area contributed by atoms with Crippen LogP contribution in [0.3, 0.4) is 0 Å². The molecule has 0 aliphatic carbocycles. The van der Waals surface area contributed by atoms with E-state index in [1.165, 1.54) is 12.3 Å². The number of hydrogen-bond donors (Lipinski definition) is 0. The molecule has 2 aromatic heterocycles. The number of halogens is 3. The third kappa shape index (κ3) is 2.45. The zero-order valence-electron chi connectivity index (χ0n) is 11.5. The van der Waals surface area contributed by atoms with Gasteiger partial charge in [0.15, 0.2) is 5.82 Å². The number of hydrogen-bond acceptors (Lipinski definition) is 3. The first-order valence-corrected chi connectivity index (χ1v) is 6.46. The normalized spacial score (nSPS) is 11.1. The molecule has 4 nitrogen and oxygen atoms in total. The van der Waals surface area contributed by atoms with Crippen molar-refractivity contribution in [2.45, 2.75) is 13.3 Å². The molecule has 3 rings (SSSR count). The first kappa shape index (κ1) is 14.2. The quantitative estimate of drug-likeness (QED) is 0.741. The van der Waals surface area contributed by atoms with Gasteiger partial charge in [-0.15, -0.1) is 5.10 Å². The Morgan fingerprint density at radius 3 is 2.73 bits per heavy atom. The van der Waals surface area contributed by atoms with E-state index in [9.17, 15) is 13.2 Å². The fourth-order valence-corrected chi connectivity index (χ4v) is 2.23. The second-order valence-corrected chi connectivity index (χ2v) is 4.71. The largest absolute Gasteiger partial charge is 0.289 e. The van der Waals surface area contributed by atoms with Gasteiger partial charge in [-0.2, -0.15) is 5.10 Å². The van der Waals surface area contributed by atoms with Gasteiger partial charge in [-0.1, -0.05) is 6.07 Å². The van der Waals surface area contributed by atoms with Gasteiger partial charge in [-0.25, -0.2) is 18.2 Å². The molecule has 0 saturated heterocycles. The Bertz CT molecular complexity index is 801. The molecule has 1 aromatic carbocycles. The summed E-state index contributed by atoms with van der Waals surface area (Å²) >= 11 is 0. The van der Waals surface area contributed by atoms with Crippen LogP contribution in [0, 0.1) is 12.7 Å². The molecule has 0 aliphatic rings. The molecule has 0 atom stereocenters. The molecular weight excluding hydrogens is 293 g/mol. The third-order valence-corrected chi connectivity index (χ3v) is 3.37. The minimum absolute atomic E-state index is 0.463. The molecule has 112 valence electrons. The smallest absolute Gasteiger partial charge is 0.266 e. The summed E-state index contributed by atoms with van der Waals surface area (Å²) in [6, 6.07) is 3.62. The van der Waals surface area contributed by atoms with Crippen molar-refractivity contribution in [1.82, 2.24) is 19.7 Å². The lowest BCUT2D eigenvalue weighted by atomic mass is 10.0. The SMILES string of the molecule is Cc1c(-c2ccc(F)c(C(F)F)c2)cnnc1-n1ccnc1. The fraction of sp³-hybridized carbons (Fsp3) is 0.133. The maximum Gasteiger partial charge on any atom is 0.266 e. The highest BCUT2D eigenvalue weighted by atomic mass is 19.3. The van der Waals surface area contributed by atoms with Crippen molar-refractivity contribution >= 4 is 0 Å². The molecular formula is C15H11F3N4. The van der Waals surface area contributed by atoms with Crippen LogP contribution >= 0.6 is 0 Å². The van der Waals surface area contributed by atoms with E-state index >= 15 is 0 Å². The molecule has 7 heteroatoms. The molecule has 0 saturated carbocycles. The number of imidazole rings is 1. The van der Waals surface area contributed by atoms with E-state index in [4.69, 9.17) is 0 Å². The lowest BCUT2D eigenvalue weighted by Gasteiger charge is -2.11. The van der Waals surface area contributed by atoms with Crippen LogP contribution in [0.25, 0.3) is 16.9 Å². The molecule has 3 aromatic rings. The molecule has 0 bridgehead atoms. The fourth-order valence-electron chi connectivity index (χ4n) is 2.23. The summed E-state index contributed by atoms with van der Waals surface area (Å²) in [6.45, 7) is 1.80. The third-order valence-electron chi connectivity index (χ3n) is 3.37. The average molecular weight is 304 g/mol. The monoisotopic (exact) mass is 304 g/mol. The maximum absolute atomic E-state index is 13.4. The standard InChI is InChI=1S/C15H11F3N4/c1-9-12(7-20-21-15(9)22-5-4-19-8-22)10-2-3-13(16)11(6-10)14(17)18/h2-8,14H,1H3. The Balaban J connectivity index is 2.14. The van der Waals surface area contributed by atoms with Crippen LogP contribution in [0.2, 0.25) is 0 Å². The summed E-state index contributed by atoms with van der Waals surface area (Å²) in [4.78, 5) is 3.94. The molecule has 0 N–H and O–H groups in total.